The van der Waals surface area contributed by atoms with Gasteiger partial charge < -0.3 is 15.0 Å². The summed E-state index contributed by atoms with van der Waals surface area (Å²) >= 11 is 0. The van der Waals surface area contributed by atoms with Crippen molar-refractivity contribution in [3.63, 3.8) is 0 Å². The standard InChI is InChI=1S/C30H34N2O4/c1-5-8-23-18-26(28(33)24-14-12-21(4)13-15-24)32(19-23)16-7-10-22-9-6-11-25(17-22)29(34)31-27(20(2)3)30(35)36/h6-7,9-15,17-20,27H,5,8,16H2,1-4H3,(H,31,34)(H,35,36)/b10-7+/t27-/m0/s1. The van der Waals surface area contributed by atoms with Crippen LogP contribution in [-0.2, 0) is 17.8 Å². The third-order valence-electron chi connectivity index (χ3n) is 6.02. The predicted octanol–water partition coefficient (Wildman–Crippen LogP) is 5.53. The molecule has 6 nitrogen and oxygen atoms in total. The average Bonchev–Trinajstić information content (AvgIpc) is 3.25. The second-order valence-electron chi connectivity index (χ2n) is 9.39. The number of ketones is 1. The lowest BCUT2D eigenvalue weighted by atomic mass is 10.0. The number of benzene rings is 2. The molecular weight excluding hydrogens is 452 g/mol. The van der Waals surface area contributed by atoms with Gasteiger partial charge in [0.25, 0.3) is 5.91 Å². The van der Waals surface area contributed by atoms with Gasteiger partial charge in [0.1, 0.15) is 6.04 Å². The van der Waals surface area contributed by atoms with Crippen LogP contribution in [-0.4, -0.2) is 33.4 Å². The van der Waals surface area contributed by atoms with Gasteiger partial charge in [-0.15, -0.1) is 0 Å². The maximum absolute atomic E-state index is 13.2. The minimum atomic E-state index is -1.06. The van der Waals surface area contributed by atoms with Gasteiger partial charge in [0.15, 0.2) is 0 Å². The number of nitrogens with zero attached hydrogens (tertiary/aromatic N) is 1. The minimum Gasteiger partial charge on any atom is -0.480 e. The first-order chi connectivity index (χ1) is 17.2. The van der Waals surface area contributed by atoms with Crippen LogP contribution in [0.4, 0.5) is 0 Å². The number of aliphatic carboxylic acids is 1. The lowest BCUT2D eigenvalue weighted by molar-refractivity contribution is -0.140. The number of carbonyl (C=O) groups excluding carboxylic acids is 2. The van der Waals surface area contributed by atoms with Crippen molar-refractivity contribution >= 4 is 23.7 Å². The summed E-state index contributed by atoms with van der Waals surface area (Å²) in [4.78, 5) is 37.2. The molecule has 0 saturated heterocycles. The number of carboxylic acid groups (broad SMARTS) is 1. The Kier molecular flexibility index (Phi) is 9.01. The molecule has 0 spiro atoms. The summed E-state index contributed by atoms with van der Waals surface area (Å²) in [5.41, 5.74) is 4.74. The van der Waals surface area contributed by atoms with E-state index in [4.69, 9.17) is 0 Å². The van der Waals surface area contributed by atoms with Crippen molar-refractivity contribution < 1.29 is 19.5 Å². The van der Waals surface area contributed by atoms with Crippen LogP contribution in [0.2, 0.25) is 0 Å². The van der Waals surface area contributed by atoms with Crippen molar-refractivity contribution in [2.45, 2.75) is 53.1 Å². The van der Waals surface area contributed by atoms with Gasteiger partial charge in [-0.2, -0.15) is 0 Å². The van der Waals surface area contributed by atoms with Crippen molar-refractivity contribution in [1.29, 1.82) is 0 Å². The summed E-state index contributed by atoms with van der Waals surface area (Å²) < 4.78 is 1.96. The fraction of sp³-hybridized carbons (Fsp3) is 0.300. The Morgan fingerprint density at radius 1 is 1.03 bits per heavy atom. The first-order valence-electron chi connectivity index (χ1n) is 12.3. The molecule has 0 saturated carbocycles. The summed E-state index contributed by atoms with van der Waals surface area (Å²) in [6, 6.07) is 15.6. The lowest BCUT2D eigenvalue weighted by Crippen LogP contribution is -2.44. The molecule has 0 radical (unpaired) electrons. The number of amides is 1. The number of hydrogen-bond donors (Lipinski definition) is 2. The van der Waals surface area contributed by atoms with Crippen LogP contribution >= 0.6 is 0 Å². The number of aryl methyl sites for hydroxylation is 2. The number of carboxylic acids is 1. The molecule has 1 atom stereocenters. The van der Waals surface area contributed by atoms with Crippen molar-refractivity contribution in [2.75, 3.05) is 0 Å². The van der Waals surface area contributed by atoms with Crippen LogP contribution in [0, 0.1) is 12.8 Å². The molecule has 188 valence electrons. The smallest absolute Gasteiger partial charge is 0.326 e. The molecule has 0 aliphatic carbocycles. The Labute approximate surface area is 212 Å². The molecule has 0 fully saturated rings. The fourth-order valence-corrected chi connectivity index (χ4v) is 4.01. The van der Waals surface area contributed by atoms with E-state index in [0.717, 1.165) is 29.5 Å². The second kappa shape index (κ2) is 12.2. The Balaban J connectivity index is 1.77. The highest BCUT2D eigenvalue weighted by molar-refractivity contribution is 6.08. The number of carbonyl (C=O) groups is 3. The molecule has 0 bridgehead atoms. The van der Waals surface area contributed by atoms with Gasteiger partial charge in [0, 0.05) is 23.9 Å². The first kappa shape index (κ1) is 26.7. The number of aromatic nitrogens is 1. The Morgan fingerprint density at radius 3 is 2.39 bits per heavy atom. The van der Waals surface area contributed by atoms with Crippen LogP contribution < -0.4 is 5.32 Å². The molecule has 1 heterocycles. The topological polar surface area (TPSA) is 88.4 Å². The zero-order chi connectivity index (χ0) is 26.2. The van der Waals surface area contributed by atoms with Crippen LogP contribution in [0.1, 0.15) is 70.3 Å². The predicted molar refractivity (Wildman–Crippen MR) is 142 cm³/mol. The summed E-state index contributed by atoms with van der Waals surface area (Å²) in [5, 5.41) is 11.9. The van der Waals surface area contributed by atoms with Crippen molar-refractivity contribution in [1.82, 2.24) is 9.88 Å². The number of hydrogen-bond acceptors (Lipinski definition) is 3. The number of allylic oxidation sites excluding steroid dienone is 1. The maximum atomic E-state index is 13.2. The highest BCUT2D eigenvalue weighted by Crippen LogP contribution is 2.17. The van der Waals surface area contributed by atoms with Crippen LogP contribution in [0.3, 0.4) is 0 Å². The van der Waals surface area contributed by atoms with Gasteiger partial charge in [-0.25, -0.2) is 4.79 Å². The van der Waals surface area contributed by atoms with Crippen LogP contribution in [0.15, 0.2) is 66.9 Å². The van der Waals surface area contributed by atoms with E-state index in [9.17, 15) is 19.5 Å². The summed E-state index contributed by atoms with van der Waals surface area (Å²) in [6.45, 7) is 8.12. The zero-order valence-corrected chi connectivity index (χ0v) is 21.3. The molecule has 2 N–H and O–H groups in total. The average molecular weight is 487 g/mol. The molecule has 6 heteroatoms. The molecule has 2 aromatic carbocycles. The van der Waals surface area contributed by atoms with E-state index in [2.05, 4.69) is 12.2 Å². The SMILES string of the molecule is CCCc1cc(C(=O)c2ccc(C)cc2)n(C/C=C/c2cccc(C(=O)N[C@H](C(=O)O)C(C)C)c2)c1. The first-order valence-corrected chi connectivity index (χ1v) is 12.3. The second-order valence-corrected chi connectivity index (χ2v) is 9.39. The molecule has 0 unspecified atom stereocenters. The van der Waals surface area contributed by atoms with Gasteiger partial charge in [-0.3, -0.25) is 9.59 Å². The normalized spacial score (nSPS) is 12.1. The summed E-state index contributed by atoms with van der Waals surface area (Å²) in [7, 11) is 0. The molecular formula is C30H34N2O4. The molecule has 3 rings (SSSR count). The van der Waals surface area contributed by atoms with E-state index >= 15 is 0 Å². The minimum absolute atomic E-state index is 0.0115. The van der Waals surface area contributed by atoms with Crippen molar-refractivity contribution in [3.8, 4) is 0 Å². The van der Waals surface area contributed by atoms with Gasteiger partial charge in [0.05, 0.1) is 5.69 Å². The summed E-state index contributed by atoms with van der Waals surface area (Å²) in [5.74, 6) is -1.72. The Hall–Kier alpha value is -3.93. The highest BCUT2D eigenvalue weighted by atomic mass is 16.4. The van der Waals surface area contributed by atoms with E-state index in [0.29, 0.717) is 23.4 Å². The van der Waals surface area contributed by atoms with E-state index in [1.165, 1.54) is 0 Å². The third-order valence-corrected chi connectivity index (χ3v) is 6.02. The molecule has 36 heavy (non-hydrogen) atoms. The monoisotopic (exact) mass is 486 g/mol. The number of nitrogens with one attached hydrogen (secondary N) is 1. The molecule has 1 amide bonds. The van der Waals surface area contributed by atoms with E-state index in [1.807, 2.05) is 66.2 Å². The molecule has 1 aromatic heterocycles. The van der Waals surface area contributed by atoms with E-state index < -0.39 is 17.9 Å². The molecule has 0 aliphatic heterocycles. The number of rotatable bonds is 11. The van der Waals surface area contributed by atoms with Gasteiger partial charge in [-0.1, -0.05) is 81.3 Å². The van der Waals surface area contributed by atoms with Crippen LogP contribution in [0.5, 0.6) is 0 Å². The largest absolute Gasteiger partial charge is 0.480 e. The lowest BCUT2D eigenvalue weighted by Gasteiger charge is -2.18. The van der Waals surface area contributed by atoms with Gasteiger partial charge in [-0.05, 0) is 48.6 Å². The van der Waals surface area contributed by atoms with E-state index in [-0.39, 0.29) is 11.7 Å². The van der Waals surface area contributed by atoms with Gasteiger partial charge >= 0.3 is 5.97 Å². The molecule has 3 aromatic rings. The quantitative estimate of drug-likeness (QED) is 0.349. The third kappa shape index (κ3) is 6.81. The summed E-state index contributed by atoms with van der Waals surface area (Å²) in [6.07, 6.45) is 7.76. The van der Waals surface area contributed by atoms with Crippen LogP contribution in [0.25, 0.3) is 6.08 Å². The fourth-order valence-electron chi connectivity index (χ4n) is 4.01. The highest BCUT2D eigenvalue weighted by Gasteiger charge is 2.24. The van der Waals surface area contributed by atoms with E-state index in [1.54, 1.807) is 32.0 Å². The van der Waals surface area contributed by atoms with Gasteiger partial charge in [0.2, 0.25) is 5.78 Å². The van der Waals surface area contributed by atoms with Crippen molar-refractivity contribution in [3.05, 3.63) is 100 Å². The molecule has 0 aliphatic rings. The Bertz CT molecular complexity index is 1250. The zero-order valence-electron chi connectivity index (χ0n) is 21.3. The maximum Gasteiger partial charge on any atom is 0.326 e. The Morgan fingerprint density at radius 2 is 1.75 bits per heavy atom. The van der Waals surface area contributed by atoms with Crippen molar-refractivity contribution in [2.24, 2.45) is 5.92 Å².